The van der Waals surface area contributed by atoms with Gasteiger partial charge >= 0.3 is 0 Å². The van der Waals surface area contributed by atoms with E-state index in [1.54, 1.807) is 36.4 Å². The Hall–Kier alpha value is -3.42. The minimum atomic E-state index is -0.824. The van der Waals surface area contributed by atoms with Crippen LogP contribution in [0, 0.1) is 0 Å². The summed E-state index contributed by atoms with van der Waals surface area (Å²) in [5, 5.41) is 2.56. The lowest BCUT2D eigenvalue weighted by Crippen LogP contribution is -2.50. The van der Waals surface area contributed by atoms with Gasteiger partial charge in [0, 0.05) is 19.2 Å². The first-order valence-electron chi connectivity index (χ1n) is 8.63. The number of carbonyl (C=O) groups excluding carboxylic acids is 2. The topological polar surface area (TPSA) is 86.3 Å². The predicted octanol–water partition coefficient (Wildman–Crippen LogP) is 1.87. The Labute approximate surface area is 162 Å². The van der Waals surface area contributed by atoms with Crippen molar-refractivity contribution in [3.05, 3.63) is 42.0 Å². The molecule has 2 aromatic carbocycles. The molecule has 0 radical (unpaired) electrons. The van der Waals surface area contributed by atoms with Gasteiger partial charge in [0.15, 0.2) is 17.6 Å². The van der Waals surface area contributed by atoms with E-state index in [-0.39, 0.29) is 23.9 Å². The zero-order valence-corrected chi connectivity index (χ0v) is 16.1. The molecule has 8 nitrogen and oxygen atoms in total. The van der Waals surface area contributed by atoms with Gasteiger partial charge in [0.05, 0.1) is 39.1 Å². The molecule has 1 heterocycles. The summed E-state index contributed by atoms with van der Waals surface area (Å²) in [4.78, 5) is 27.1. The molecular formula is C20H22N2O6. The van der Waals surface area contributed by atoms with Crippen LogP contribution in [0.4, 0.5) is 5.69 Å². The summed E-state index contributed by atoms with van der Waals surface area (Å²) in [5.74, 6) is 0.977. The maximum absolute atomic E-state index is 13.4. The highest BCUT2D eigenvalue weighted by Gasteiger charge is 2.35. The van der Waals surface area contributed by atoms with Gasteiger partial charge in [0.2, 0.25) is 0 Å². The van der Waals surface area contributed by atoms with Crippen molar-refractivity contribution in [2.45, 2.75) is 6.10 Å². The summed E-state index contributed by atoms with van der Waals surface area (Å²) >= 11 is 0. The van der Waals surface area contributed by atoms with Gasteiger partial charge in [-0.05, 0) is 12.1 Å². The van der Waals surface area contributed by atoms with Crippen LogP contribution in [0.2, 0.25) is 0 Å². The molecule has 0 bridgehead atoms. The molecule has 1 aliphatic heterocycles. The smallest absolute Gasteiger partial charge is 0.262 e. The summed E-state index contributed by atoms with van der Waals surface area (Å²) in [5.41, 5.74) is 0.858. The molecule has 2 aromatic rings. The number of likely N-dealkylation sites (N-methyl/N-ethyl adjacent to an activating group) is 1. The molecule has 1 N–H and O–H groups in total. The lowest BCUT2D eigenvalue weighted by atomic mass is 10.1. The van der Waals surface area contributed by atoms with Crippen molar-refractivity contribution in [1.82, 2.24) is 5.32 Å². The van der Waals surface area contributed by atoms with E-state index in [9.17, 15) is 9.59 Å². The number of fused-ring (bicyclic) bond motifs is 1. The van der Waals surface area contributed by atoms with Gasteiger partial charge in [0.1, 0.15) is 11.5 Å². The number of benzene rings is 2. The molecule has 0 aliphatic carbocycles. The van der Waals surface area contributed by atoms with Crippen LogP contribution in [0.1, 0.15) is 10.4 Å². The highest BCUT2D eigenvalue weighted by atomic mass is 16.5. The second kappa shape index (κ2) is 8.08. The number of nitrogens with one attached hydrogen (secondary N) is 1. The van der Waals surface area contributed by atoms with Crippen molar-refractivity contribution >= 4 is 17.5 Å². The molecule has 0 saturated heterocycles. The molecule has 1 atom stereocenters. The van der Waals surface area contributed by atoms with Crippen LogP contribution >= 0.6 is 0 Å². The Morgan fingerprint density at radius 3 is 2.32 bits per heavy atom. The number of anilines is 1. The lowest BCUT2D eigenvalue weighted by Gasteiger charge is -2.34. The third-order valence-electron chi connectivity index (χ3n) is 4.49. The Bertz CT molecular complexity index is 898. The zero-order chi connectivity index (χ0) is 20.3. The molecule has 0 spiro atoms. The molecule has 148 valence electrons. The van der Waals surface area contributed by atoms with E-state index in [4.69, 9.17) is 18.9 Å². The van der Waals surface area contributed by atoms with Crippen LogP contribution in [-0.4, -0.2) is 52.8 Å². The van der Waals surface area contributed by atoms with Crippen LogP contribution in [0.5, 0.6) is 23.0 Å². The van der Waals surface area contributed by atoms with Gasteiger partial charge in [-0.15, -0.1) is 0 Å². The molecule has 0 saturated carbocycles. The molecule has 0 aromatic heterocycles. The summed E-state index contributed by atoms with van der Waals surface area (Å²) in [6.07, 6.45) is -0.824. The minimum absolute atomic E-state index is 0.0625. The van der Waals surface area contributed by atoms with E-state index in [1.807, 2.05) is 0 Å². The van der Waals surface area contributed by atoms with Crippen LogP contribution in [0.3, 0.4) is 0 Å². The summed E-state index contributed by atoms with van der Waals surface area (Å²) < 4.78 is 21.7. The summed E-state index contributed by atoms with van der Waals surface area (Å²) in [6, 6.07) is 10.2. The molecular weight excluding hydrogens is 364 g/mol. The predicted molar refractivity (Wildman–Crippen MR) is 103 cm³/mol. The summed E-state index contributed by atoms with van der Waals surface area (Å²) in [7, 11) is 5.99. The van der Waals surface area contributed by atoms with Gasteiger partial charge in [-0.25, -0.2) is 0 Å². The SMILES string of the molecule is CNC(=O)C1CN(C(=O)c2cc(OC)c(OC)cc2OC)c2ccccc2O1. The highest BCUT2D eigenvalue weighted by molar-refractivity contribution is 6.10. The first-order valence-corrected chi connectivity index (χ1v) is 8.63. The van der Waals surface area contributed by atoms with E-state index < -0.39 is 6.10 Å². The third-order valence-corrected chi connectivity index (χ3v) is 4.49. The van der Waals surface area contributed by atoms with Gasteiger partial charge in [-0.3, -0.25) is 9.59 Å². The van der Waals surface area contributed by atoms with Crippen LogP contribution in [0.15, 0.2) is 36.4 Å². The molecule has 3 rings (SSSR count). The largest absolute Gasteiger partial charge is 0.496 e. The van der Waals surface area contributed by atoms with Gasteiger partial charge in [-0.2, -0.15) is 0 Å². The van der Waals surface area contributed by atoms with Crippen LogP contribution in [-0.2, 0) is 4.79 Å². The van der Waals surface area contributed by atoms with E-state index in [1.165, 1.54) is 33.3 Å². The van der Waals surface area contributed by atoms with E-state index in [2.05, 4.69) is 5.32 Å². The average Bonchev–Trinajstić information content (AvgIpc) is 2.76. The van der Waals surface area contributed by atoms with Crippen molar-refractivity contribution in [2.75, 3.05) is 39.8 Å². The fraction of sp³-hybridized carbons (Fsp3) is 0.300. The quantitative estimate of drug-likeness (QED) is 0.844. The van der Waals surface area contributed by atoms with Crippen molar-refractivity contribution in [1.29, 1.82) is 0 Å². The van der Waals surface area contributed by atoms with Crippen LogP contribution in [0.25, 0.3) is 0 Å². The zero-order valence-electron chi connectivity index (χ0n) is 16.1. The molecule has 2 amide bonds. The first-order chi connectivity index (χ1) is 13.5. The lowest BCUT2D eigenvalue weighted by molar-refractivity contribution is -0.127. The van der Waals surface area contributed by atoms with Crippen LogP contribution < -0.4 is 29.2 Å². The second-order valence-corrected chi connectivity index (χ2v) is 6.01. The molecule has 0 fully saturated rings. The first kappa shape index (κ1) is 19.3. The molecule has 1 unspecified atom stereocenters. The number of hydrogen-bond donors (Lipinski definition) is 1. The standard InChI is InChI=1S/C20H22N2O6/c1-21-19(23)18-11-22(13-7-5-6-8-14(13)28-18)20(24)12-9-16(26-3)17(27-4)10-15(12)25-2/h5-10,18H,11H2,1-4H3,(H,21,23). The number of carbonyl (C=O) groups is 2. The second-order valence-electron chi connectivity index (χ2n) is 6.01. The number of para-hydroxylation sites is 2. The van der Waals surface area contributed by atoms with E-state index in [0.29, 0.717) is 28.7 Å². The van der Waals surface area contributed by atoms with Crippen molar-refractivity contribution < 1.29 is 28.5 Å². The normalized spacial score (nSPS) is 15.1. The minimum Gasteiger partial charge on any atom is -0.496 e. The van der Waals surface area contributed by atoms with Crippen molar-refractivity contribution in [3.8, 4) is 23.0 Å². The highest BCUT2D eigenvalue weighted by Crippen LogP contribution is 2.38. The van der Waals surface area contributed by atoms with Crippen molar-refractivity contribution in [2.24, 2.45) is 0 Å². The Balaban J connectivity index is 2.07. The summed E-state index contributed by atoms with van der Waals surface area (Å²) in [6.45, 7) is 0.0625. The van der Waals surface area contributed by atoms with Gasteiger partial charge in [0.25, 0.3) is 11.8 Å². The fourth-order valence-corrected chi connectivity index (χ4v) is 3.07. The maximum Gasteiger partial charge on any atom is 0.262 e. The fourth-order valence-electron chi connectivity index (χ4n) is 3.07. The Kier molecular flexibility index (Phi) is 5.58. The number of amides is 2. The molecule has 28 heavy (non-hydrogen) atoms. The number of methoxy groups -OCH3 is 3. The Morgan fingerprint density at radius 2 is 1.68 bits per heavy atom. The number of rotatable bonds is 5. The van der Waals surface area contributed by atoms with E-state index >= 15 is 0 Å². The van der Waals surface area contributed by atoms with Crippen molar-refractivity contribution in [3.63, 3.8) is 0 Å². The van der Waals surface area contributed by atoms with E-state index in [0.717, 1.165) is 0 Å². The number of hydrogen-bond acceptors (Lipinski definition) is 6. The maximum atomic E-state index is 13.4. The monoisotopic (exact) mass is 386 g/mol. The Morgan fingerprint density at radius 1 is 1.04 bits per heavy atom. The third kappa shape index (κ3) is 3.40. The average molecular weight is 386 g/mol. The molecule has 8 heteroatoms. The molecule has 1 aliphatic rings. The number of nitrogens with zero attached hydrogens (tertiary/aromatic N) is 1. The van der Waals surface area contributed by atoms with Gasteiger partial charge in [-0.1, -0.05) is 12.1 Å². The number of ether oxygens (including phenoxy) is 4. The van der Waals surface area contributed by atoms with Gasteiger partial charge < -0.3 is 29.2 Å².